The van der Waals surface area contributed by atoms with Crippen LogP contribution in [-0.2, 0) is 0 Å². The Balaban J connectivity index is 2.39. The third-order valence-electron chi connectivity index (χ3n) is 3.03. The SMILES string of the molecule is Nc1cccc2c1-c1ccccc1C2N. The van der Waals surface area contributed by atoms with Crippen LogP contribution < -0.4 is 11.5 Å². The maximum atomic E-state index is 6.17. The molecule has 2 nitrogen and oxygen atoms in total. The summed E-state index contributed by atoms with van der Waals surface area (Å²) in [5.74, 6) is 0. The maximum absolute atomic E-state index is 6.17. The molecule has 0 saturated heterocycles. The fourth-order valence-electron chi connectivity index (χ4n) is 2.32. The zero-order chi connectivity index (χ0) is 10.4. The molecule has 1 unspecified atom stereocenters. The minimum atomic E-state index is -0.0281. The minimum absolute atomic E-state index is 0.0281. The van der Waals surface area contributed by atoms with E-state index in [-0.39, 0.29) is 6.04 Å². The second-order valence-corrected chi connectivity index (χ2v) is 3.88. The first kappa shape index (κ1) is 8.50. The summed E-state index contributed by atoms with van der Waals surface area (Å²) < 4.78 is 0. The molecule has 74 valence electrons. The molecule has 15 heavy (non-hydrogen) atoms. The number of rotatable bonds is 0. The van der Waals surface area contributed by atoms with E-state index < -0.39 is 0 Å². The van der Waals surface area contributed by atoms with Gasteiger partial charge in [-0.3, -0.25) is 0 Å². The highest BCUT2D eigenvalue weighted by Gasteiger charge is 2.26. The fourth-order valence-corrected chi connectivity index (χ4v) is 2.32. The molecule has 0 radical (unpaired) electrons. The molecule has 2 heteroatoms. The van der Waals surface area contributed by atoms with Gasteiger partial charge in [-0.1, -0.05) is 36.4 Å². The smallest absolute Gasteiger partial charge is 0.0564 e. The van der Waals surface area contributed by atoms with Gasteiger partial charge in [0.2, 0.25) is 0 Å². The van der Waals surface area contributed by atoms with Gasteiger partial charge in [-0.05, 0) is 22.8 Å². The van der Waals surface area contributed by atoms with E-state index in [1.807, 2.05) is 24.3 Å². The molecule has 0 aliphatic heterocycles. The molecule has 0 bridgehead atoms. The average Bonchev–Trinajstić information content (AvgIpc) is 2.55. The van der Waals surface area contributed by atoms with Crippen LogP contribution in [0.1, 0.15) is 17.2 Å². The molecular formula is C13H12N2. The van der Waals surface area contributed by atoms with Crippen LogP contribution in [0.2, 0.25) is 0 Å². The van der Waals surface area contributed by atoms with E-state index in [0.717, 1.165) is 16.8 Å². The van der Waals surface area contributed by atoms with Gasteiger partial charge in [0.05, 0.1) is 6.04 Å². The van der Waals surface area contributed by atoms with E-state index in [2.05, 4.69) is 18.2 Å². The first-order valence-electron chi connectivity index (χ1n) is 5.02. The first-order valence-corrected chi connectivity index (χ1v) is 5.02. The first-order chi connectivity index (χ1) is 7.29. The van der Waals surface area contributed by atoms with Gasteiger partial charge in [0, 0.05) is 11.3 Å². The highest BCUT2D eigenvalue weighted by atomic mass is 14.7. The van der Waals surface area contributed by atoms with E-state index in [0.29, 0.717) is 0 Å². The number of nitrogens with two attached hydrogens (primary N) is 2. The van der Waals surface area contributed by atoms with Crippen LogP contribution in [0.25, 0.3) is 11.1 Å². The third-order valence-corrected chi connectivity index (χ3v) is 3.03. The van der Waals surface area contributed by atoms with Crippen molar-refractivity contribution in [3.05, 3.63) is 53.6 Å². The summed E-state index contributed by atoms with van der Waals surface area (Å²) in [6, 6.07) is 14.1. The molecule has 1 aliphatic carbocycles. The molecule has 4 N–H and O–H groups in total. The largest absolute Gasteiger partial charge is 0.398 e. The summed E-state index contributed by atoms with van der Waals surface area (Å²) in [6.07, 6.45) is 0. The van der Waals surface area contributed by atoms with Gasteiger partial charge in [-0.25, -0.2) is 0 Å². The van der Waals surface area contributed by atoms with Crippen molar-refractivity contribution in [3.63, 3.8) is 0 Å². The van der Waals surface area contributed by atoms with Gasteiger partial charge >= 0.3 is 0 Å². The summed E-state index contributed by atoms with van der Waals surface area (Å²) in [5, 5.41) is 0. The van der Waals surface area contributed by atoms with E-state index >= 15 is 0 Å². The van der Waals surface area contributed by atoms with Gasteiger partial charge in [-0.2, -0.15) is 0 Å². The van der Waals surface area contributed by atoms with Gasteiger partial charge in [0.15, 0.2) is 0 Å². The Hall–Kier alpha value is -1.80. The molecule has 0 aromatic heterocycles. The van der Waals surface area contributed by atoms with Gasteiger partial charge in [0.1, 0.15) is 0 Å². The lowest BCUT2D eigenvalue weighted by atomic mass is 10.0. The van der Waals surface area contributed by atoms with Crippen LogP contribution in [0.3, 0.4) is 0 Å². The van der Waals surface area contributed by atoms with E-state index in [1.165, 1.54) is 11.1 Å². The molecule has 2 aromatic carbocycles. The molecular weight excluding hydrogens is 184 g/mol. The second-order valence-electron chi connectivity index (χ2n) is 3.88. The Morgan fingerprint density at radius 3 is 2.47 bits per heavy atom. The number of anilines is 1. The lowest BCUT2D eigenvalue weighted by Gasteiger charge is -2.06. The molecule has 3 rings (SSSR count). The van der Waals surface area contributed by atoms with Crippen LogP contribution >= 0.6 is 0 Å². The zero-order valence-electron chi connectivity index (χ0n) is 8.27. The van der Waals surface area contributed by atoms with Gasteiger partial charge in [0.25, 0.3) is 0 Å². The van der Waals surface area contributed by atoms with Crippen molar-refractivity contribution in [2.75, 3.05) is 5.73 Å². The van der Waals surface area contributed by atoms with E-state index in [9.17, 15) is 0 Å². The predicted octanol–water partition coefficient (Wildman–Crippen LogP) is 2.30. The third kappa shape index (κ3) is 1.02. The van der Waals surface area contributed by atoms with Gasteiger partial charge in [-0.15, -0.1) is 0 Å². The van der Waals surface area contributed by atoms with Crippen molar-refractivity contribution in [2.45, 2.75) is 6.04 Å². The topological polar surface area (TPSA) is 52.0 Å². The van der Waals surface area contributed by atoms with Crippen LogP contribution in [0.15, 0.2) is 42.5 Å². The molecule has 0 saturated carbocycles. The number of hydrogen-bond donors (Lipinski definition) is 2. The molecule has 2 aromatic rings. The minimum Gasteiger partial charge on any atom is -0.398 e. The lowest BCUT2D eigenvalue weighted by molar-refractivity contribution is 0.901. The number of nitrogen functional groups attached to an aromatic ring is 1. The van der Waals surface area contributed by atoms with E-state index in [4.69, 9.17) is 11.5 Å². The summed E-state index contributed by atoms with van der Waals surface area (Å²) in [5.41, 5.74) is 17.6. The Kier molecular flexibility index (Phi) is 1.61. The summed E-state index contributed by atoms with van der Waals surface area (Å²) in [4.78, 5) is 0. The zero-order valence-corrected chi connectivity index (χ0v) is 8.27. The Labute approximate surface area is 88.5 Å². The summed E-state index contributed by atoms with van der Waals surface area (Å²) >= 11 is 0. The summed E-state index contributed by atoms with van der Waals surface area (Å²) in [7, 11) is 0. The summed E-state index contributed by atoms with van der Waals surface area (Å²) in [6.45, 7) is 0. The highest BCUT2D eigenvalue weighted by molar-refractivity contribution is 5.86. The van der Waals surface area contributed by atoms with Crippen LogP contribution in [-0.4, -0.2) is 0 Å². The Morgan fingerprint density at radius 2 is 1.60 bits per heavy atom. The van der Waals surface area contributed by atoms with Crippen molar-refractivity contribution in [1.82, 2.24) is 0 Å². The van der Waals surface area contributed by atoms with Crippen molar-refractivity contribution in [1.29, 1.82) is 0 Å². The molecule has 0 heterocycles. The standard InChI is InChI=1S/C13H12N2/c14-11-7-3-6-10-12(11)8-4-1-2-5-9(8)13(10)15/h1-7,13H,14-15H2. The van der Waals surface area contributed by atoms with Crippen molar-refractivity contribution in [3.8, 4) is 11.1 Å². The molecule has 0 fully saturated rings. The maximum Gasteiger partial charge on any atom is 0.0564 e. The average molecular weight is 196 g/mol. The van der Waals surface area contributed by atoms with Gasteiger partial charge < -0.3 is 11.5 Å². The fraction of sp³-hybridized carbons (Fsp3) is 0.0769. The molecule has 1 atom stereocenters. The van der Waals surface area contributed by atoms with Crippen molar-refractivity contribution in [2.24, 2.45) is 5.73 Å². The van der Waals surface area contributed by atoms with Crippen LogP contribution in [0, 0.1) is 0 Å². The molecule has 0 amide bonds. The monoisotopic (exact) mass is 196 g/mol. The van der Waals surface area contributed by atoms with E-state index in [1.54, 1.807) is 0 Å². The number of fused-ring (bicyclic) bond motifs is 3. The van der Waals surface area contributed by atoms with Crippen molar-refractivity contribution >= 4 is 5.69 Å². The second kappa shape index (κ2) is 2.84. The van der Waals surface area contributed by atoms with Crippen LogP contribution in [0.5, 0.6) is 0 Å². The highest BCUT2D eigenvalue weighted by Crippen LogP contribution is 2.44. The Bertz CT molecular complexity index is 532. The normalized spacial score (nSPS) is 17.3. The van der Waals surface area contributed by atoms with Crippen LogP contribution in [0.4, 0.5) is 5.69 Å². The quantitative estimate of drug-likeness (QED) is 0.635. The Morgan fingerprint density at radius 1 is 0.867 bits per heavy atom. The molecule has 1 aliphatic rings. The lowest BCUT2D eigenvalue weighted by Crippen LogP contribution is -2.07. The predicted molar refractivity (Wildman–Crippen MR) is 62.3 cm³/mol. The van der Waals surface area contributed by atoms with Crippen molar-refractivity contribution < 1.29 is 0 Å². The number of hydrogen-bond acceptors (Lipinski definition) is 2. The molecule has 0 spiro atoms. The number of benzene rings is 2.